The summed E-state index contributed by atoms with van der Waals surface area (Å²) in [5.41, 5.74) is 2.56. The lowest BCUT2D eigenvalue weighted by Crippen LogP contribution is -2.32. The number of carbonyl (C=O) groups excluding carboxylic acids is 6. The van der Waals surface area contributed by atoms with E-state index in [1.54, 1.807) is 62.4 Å². The second kappa shape index (κ2) is 24.0. The number of para-hydroxylation sites is 2. The number of nitrogens with one attached hydrogen (secondary N) is 4. The number of hydrogen-bond acceptors (Lipinski definition) is 12. The van der Waals surface area contributed by atoms with Gasteiger partial charge in [-0.3, -0.25) is 28.8 Å². The molecule has 0 bridgehead atoms. The summed E-state index contributed by atoms with van der Waals surface area (Å²) in [6.07, 6.45) is 0. The average Bonchev–Trinajstić information content (AvgIpc) is 3.29. The second-order valence-electron chi connectivity index (χ2n) is 13.9. The maximum atomic E-state index is 13.7. The highest BCUT2D eigenvalue weighted by molar-refractivity contribution is 6.37. The number of alkyl halides is 2. The van der Waals surface area contributed by atoms with Gasteiger partial charge < -0.3 is 30.7 Å². The predicted octanol–water partition coefficient (Wildman–Crippen LogP) is 11.1. The Morgan fingerprint density at radius 2 is 0.909 bits per heavy atom. The van der Waals surface area contributed by atoms with Gasteiger partial charge in [0, 0.05) is 35.3 Å². The molecule has 5 aromatic carbocycles. The third kappa shape index (κ3) is 12.8. The fourth-order valence-electron chi connectivity index (χ4n) is 6.03. The number of nitrogens with zero attached hydrogens (tertiary/aromatic N) is 4. The van der Waals surface area contributed by atoms with Crippen LogP contribution in [0.1, 0.15) is 59.5 Å². The minimum Gasteiger partial charge on any atom is -0.492 e. The normalized spacial score (nSPS) is 12.0. The van der Waals surface area contributed by atoms with Crippen LogP contribution in [-0.4, -0.2) is 60.5 Å². The van der Waals surface area contributed by atoms with Crippen molar-refractivity contribution in [2.45, 2.75) is 51.5 Å². The number of amides is 4. The summed E-state index contributed by atoms with van der Waals surface area (Å²) in [6.45, 7) is 5.84. The van der Waals surface area contributed by atoms with Crippen LogP contribution in [0, 0.1) is 0 Å². The first-order valence-corrected chi connectivity index (χ1v) is 21.9. The van der Waals surface area contributed by atoms with E-state index in [-0.39, 0.29) is 80.4 Å². The number of anilines is 4. The summed E-state index contributed by atoms with van der Waals surface area (Å²) >= 11 is 25.2. The van der Waals surface area contributed by atoms with E-state index in [9.17, 15) is 28.8 Å². The van der Waals surface area contributed by atoms with E-state index in [4.69, 9.17) is 55.9 Å². The van der Waals surface area contributed by atoms with Crippen molar-refractivity contribution in [1.82, 2.24) is 0 Å². The van der Waals surface area contributed by atoms with Crippen molar-refractivity contribution in [3.63, 3.8) is 0 Å². The van der Waals surface area contributed by atoms with E-state index in [0.717, 1.165) is 13.8 Å². The first-order valence-electron chi connectivity index (χ1n) is 20.1. The summed E-state index contributed by atoms with van der Waals surface area (Å²) in [7, 11) is 0. The highest BCUT2D eigenvalue weighted by Gasteiger charge is 2.28. The molecule has 66 heavy (non-hydrogen) atoms. The van der Waals surface area contributed by atoms with Crippen molar-refractivity contribution in [3.8, 4) is 11.5 Å². The molecule has 16 nitrogen and oxygen atoms in total. The van der Waals surface area contributed by atoms with Gasteiger partial charge >= 0.3 is 0 Å². The molecule has 0 saturated carbocycles. The zero-order chi connectivity index (χ0) is 47.9. The van der Waals surface area contributed by atoms with Gasteiger partial charge in [-0.2, -0.15) is 20.5 Å². The number of ether oxygens (including phenoxy) is 2. The summed E-state index contributed by atoms with van der Waals surface area (Å²) in [5, 5.41) is 26.7. The molecule has 2 unspecified atom stereocenters. The summed E-state index contributed by atoms with van der Waals surface area (Å²) < 4.78 is 11.6. The maximum absolute atomic E-state index is 13.7. The largest absolute Gasteiger partial charge is 0.492 e. The number of hydrogen-bond donors (Lipinski definition) is 4. The van der Waals surface area contributed by atoms with Crippen LogP contribution in [0.15, 0.2) is 118 Å². The van der Waals surface area contributed by atoms with E-state index < -0.39 is 47.3 Å². The van der Waals surface area contributed by atoms with Crippen LogP contribution in [-0.2, 0) is 30.9 Å². The lowest BCUT2D eigenvalue weighted by molar-refractivity contribution is -0.127. The maximum Gasteiger partial charge on any atom is 0.258 e. The Kier molecular flexibility index (Phi) is 18.3. The van der Waals surface area contributed by atoms with Gasteiger partial charge in [-0.1, -0.05) is 71.7 Å². The first-order chi connectivity index (χ1) is 31.7. The molecule has 2 atom stereocenters. The van der Waals surface area contributed by atoms with Crippen molar-refractivity contribution >= 4 is 116 Å². The Balaban J connectivity index is 1.35. The van der Waals surface area contributed by atoms with Crippen molar-refractivity contribution in [2.75, 3.05) is 34.5 Å². The first kappa shape index (κ1) is 50.3. The smallest absolute Gasteiger partial charge is 0.258 e. The predicted molar refractivity (Wildman–Crippen MR) is 255 cm³/mol. The highest BCUT2D eigenvalue weighted by Crippen LogP contribution is 2.38. The van der Waals surface area contributed by atoms with Gasteiger partial charge in [-0.25, -0.2) is 0 Å². The molecule has 0 aliphatic rings. The van der Waals surface area contributed by atoms with Crippen LogP contribution < -0.4 is 30.7 Å². The number of Topliss-reactive ketones (excluding diaryl/α,β-unsaturated/α-hetero) is 2. The Morgan fingerprint density at radius 3 is 1.26 bits per heavy atom. The number of benzene rings is 5. The number of rotatable bonds is 20. The monoisotopic (exact) mass is 974 g/mol. The lowest BCUT2D eigenvalue weighted by Gasteiger charge is -2.19. The molecule has 0 radical (unpaired) electrons. The molecule has 5 rings (SSSR count). The molecule has 0 spiro atoms. The highest BCUT2D eigenvalue weighted by atomic mass is 35.5. The van der Waals surface area contributed by atoms with E-state index in [2.05, 4.69) is 41.7 Å². The van der Waals surface area contributed by atoms with Crippen molar-refractivity contribution in [2.24, 2.45) is 20.5 Å². The van der Waals surface area contributed by atoms with Gasteiger partial charge in [0.05, 0.1) is 45.8 Å². The van der Waals surface area contributed by atoms with Gasteiger partial charge in [0.25, 0.3) is 23.6 Å². The topological polar surface area (TPSA) is 218 Å². The summed E-state index contributed by atoms with van der Waals surface area (Å²) in [6, 6.07) is 22.2. The van der Waals surface area contributed by atoms with Crippen LogP contribution in [0.2, 0.25) is 10.0 Å². The van der Waals surface area contributed by atoms with E-state index >= 15 is 0 Å². The van der Waals surface area contributed by atoms with Crippen molar-refractivity contribution in [1.29, 1.82) is 0 Å². The van der Waals surface area contributed by atoms with Gasteiger partial charge in [-0.15, -0.1) is 23.2 Å². The molecule has 0 saturated heterocycles. The zero-order valence-electron chi connectivity index (χ0n) is 35.8. The third-order valence-electron chi connectivity index (χ3n) is 9.29. The molecule has 0 fully saturated rings. The van der Waals surface area contributed by atoms with E-state index in [0.29, 0.717) is 22.5 Å². The Hall–Kier alpha value is -6.72. The molecule has 0 aliphatic heterocycles. The number of carbonyl (C=O) groups is 6. The third-order valence-corrected chi connectivity index (χ3v) is 10.7. The fourth-order valence-corrected chi connectivity index (χ4v) is 6.99. The number of ketones is 2. The van der Waals surface area contributed by atoms with Crippen LogP contribution >= 0.6 is 46.4 Å². The molecule has 0 heterocycles. The lowest BCUT2D eigenvalue weighted by atomic mass is 10.1. The van der Waals surface area contributed by atoms with Crippen LogP contribution in [0.25, 0.3) is 0 Å². The Bertz CT molecular complexity index is 2530. The van der Waals surface area contributed by atoms with Gasteiger partial charge in [0.2, 0.25) is 12.1 Å². The molecule has 5 aromatic rings. The second-order valence-corrected chi connectivity index (χ2v) is 15.2. The van der Waals surface area contributed by atoms with Crippen molar-refractivity contribution < 1.29 is 38.2 Å². The fraction of sp³-hybridized carbons (Fsp3) is 0.217. The van der Waals surface area contributed by atoms with Crippen molar-refractivity contribution in [3.05, 3.63) is 129 Å². The van der Waals surface area contributed by atoms with E-state index in [1.807, 2.05) is 0 Å². The molecule has 0 aliphatic carbocycles. The van der Waals surface area contributed by atoms with Gasteiger partial charge in [0.15, 0.2) is 11.6 Å². The SMILES string of the molecule is CCOc1cc(NC(=O)C(N=Nc2cccc(C(=O)Nc3ccccc3CCl)c2Cl)C(C)=O)c(OCC)cc1NC(=O)C(N=Nc1cccc(C(=O)Nc2ccccc2CCl)c1Cl)C(C)=O. The number of halogens is 4. The van der Waals surface area contributed by atoms with Crippen LogP contribution in [0.3, 0.4) is 0 Å². The van der Waals surface area contributed by atoms with Crippen LogP contribution in [0.5, 0.6) is 11.5 Å². The minimum absolute atomic E-state index is 0.00970. The number of azo groups is 2. The zero-order valence-corrected chi connectivity index (χ0v) is 38.8. The standard InChI is InChI=1S/C46H42Cl4N8O8/c1-5-65-37-21-36(54-46(64)42(26(4)60)58-56-34-20-12-16-30(40(34)50)44(62)52-32-18-10-8-14-28(32)24-48)38(66-6-2)22-35(37)53-45(63)41(25(3)59)57-55-33-19-11-15-29(39(33)49)43(61)51-31-17-9-7-13-27(31)23-47/h7-22,41-42H,5-6,23-24H2,1-4H3,(H,51,61)(H,52,62)(H,53,63)(H,54,64). The van der Waals surface area contributed by atoms with Gasteiger partial charge in [-0.05, 0) is 75.2 Å². The molecular formula is C46H42Cl4N8O8. The molecule has 20 heteroatoms. The molecule has 4 N–H and O–H groups in total. The van der Waals surface area contributed by atoms with Crippen LogP contribution in [0.4, 0.5) is 34.1 Å². The summed E-state index contributed by atoms with van der Waals surface area (Å²) in [5.74, 6) is -3.89. The summed E-state index contributed by atoms with van der Waals surface area (Å²) in [4.78, 5) is 79.3. The van der Waals surface area contributed by atoms with Gasteiger partial charge in [0.1, 0.15) is 22.9 Å². The quantitative estimate of drug-likeness (QED) is 0.0333. The molecule has 4 amide bonds. The molecule has 342 valence electrons. The Morgan fingerprint density at radius 1 is 0.530 bits per heavy atom. The Labute approximate surface area is 399 Å². The van der Waals surface area contributed by atoms with E-state index in [1.165, 1.54) is 48.5 Å². The molecule has 0 aromatic heterocycles. The minimum atomic E-state index is -1.68. The molecular weight excluding hydrogens is 934 g/mol. The average molecular weight is 977 g/mol.